The van der Waals surface area contributed by atoms with Gasteiger partial charge in [0.2, 0.25) is 0 Å². The monoisotopic (exact) mass is 543 g/mol. The number of likely N-dealkylation sites (tertiary alicyclic amines) is 1. The smallest absolute Gasteiger partial charge is 0.341 e. The highest BCUT2D eigenvalue weighted by molar-refractivity contribution is 5.97. The number of likely N-dealkylation sites (N-methyl/N-ethyl adjacent to an activating group) is 1. The van der Waals surface area contributed by atoms with Crippen molar-refractivity contribution in [3.05, 3.63) is 81.5 Å². The average Bonchev–Trinajstić information content (AvgIpc) is 3.64. The molecule has 1 aliphatic carbocycles. The number of aromatic carboxylic acids is 1. The van der Waals surface area contributed by atoms with E-state index >= 15 is 4.39 Å². The van der Waals surface area contributed by atoms with Crippen molar-refractivity contribution >= 4 is 22.9 Å². The van der Waals surface area contributed by atoms with Gasteiger partial charge in [-0.05, 0) is 49.7 Å². The van der Waals surface area contributed by atoms with Gasteiger partial charge in [0.15, 0.2) is 11.6 Å². The molecule has 7 rings (SSSR count). The Hall–Kier alpha value is -4.31. The third kappa shape index (κ3) is 3.48. The SMILES string of the molecule is CNc1cc(F)c(F)c2c1Cc1ncc(-c3ccc4ccc(C(=O)O)c(=O)n4c3)c(N3C[C@H]4CCN(C)[C@H]4C3)c1-2. The molecule has 2 fully saturated rings. The molecular formula is C30H27F2N5O3. The van der Waals surface area contributed by atoms with Gasteiger partial charge in [0.25, 0.3) is 5.56 Å². The predicted octanol–water partition coefficient (Wildman–Crippen LogP) is 4.09. The summed E-state index contributed by atoms with van der Waals surface area (Å²) >= 11 is 0. The molecule has 0 amide bonds. The highest BCUT2D eigenvalue weighted by Crippen LogP contribution is 2.51. The second kappa shape index (κ2) is 8.85. The third-order valence-corrected chi connectivity index (χ3v) is 8.85. The van der Waals surface area contributed by atoms with Crippen LogP contribution >= 0.6 is 0 Å². The molecule has 3 aromatic heterocycles. The van der Waals surface area contributed by atoms with Gasteiger partial charge in [-0.3, -0.25) is 14.2 Å². The number of nitrogens with one attached hydrogen (secondary N) is 1. The Morgan fingerprint density at radius 1 is 1.15 bits per heavy atom. The van der Waals surface area contributed by atoms with E-state index in [2.05, 4.69) is 22.2 Å². The van der Waals surface area contributed by atoms with E-state index in [1.807, 2.05) is 6.07 Å². The van der Waals surface area contributed by atoms with Crippen molar-refractivity contribution in [2.24, 2.45) is 5.92 Å². The zero-order chi connectivity index (χ0) is 27.9. The van der Waals surface area contributed by atoms with Crippen LogP contribution in [0.3, 0.4) is 0 Å². The van der Waals surface area contributed by atoms with Crippen molar-refractivity contribution in [3.63, 3.8) is 0 Å². The molecule has 0 radical (unpaired) electrons. The van der Waals surface area contributed by atoms with Crippen molar-refractivity contribution in [2.75, 3.05) is 43.9 Å². The highest BCUT2D eigenvalue weighted by atomic mass is 19.2. The maximum absolute atomic E-state index is 15.6. The second-order valence-corrected chi connectivity index (χ2v) is 10.9. The summed E-state index contributed by atoms with van der Waals surface area (Å²) in [6, 6.07) is 8.02. The summed E-state index contributed by atoms with van der Waals surface area (Å²) in [5.41, 5.74) is 4.31. The van der Waals surface area contributed by atoms with Crippen LogP contribution in [0.2, 0.25) is 0 Å². The molecule has 2 atom stereocenters. The number of benzene rings is 1. The number of hydrogen-bond acceptors (Lipinski definition) is 6. The first kappa shape index (κ1) is 24.7. The first-order valence-corrected chi connectivity index (χ1v) is 13.3. The predicted molar refractivity (Wildman–Crippen MR) is 148 cm³/mol. The van der Waals surface area contributed by atoms with Crippen LogP contribution in [0.5, 0.6) is 0 Å². The first-order chi connectivity index (χ1) is 19.3. The average molecular weight is 544 g/mol. The topological polar surface area (TPSA) is 90.2 Å². The van der Waals surface area contributed by atoms with Gasteiger partial charge in [0, 0.05) is 84.5 Å². The third-order valence-electron chi connectivity index (χ3n) is 8.85. The molecule has 0 bridgehead atoms. The normalized spacial score (nSPS) is 19.6. The van der Waals surface area contributed by atoms with E-state index in [9.17, 15) is 19.1 Å². The van der Waals surface area contributed by atoms with Crippen molar-refractivity contribution in [1.82, 2.24) is 14.3 Å². The first-order valence-electron chi connectivity index (χ1n) is 13.3. The Labute approximate surface area is 228 Å². The molecule has 0 unspecified atom stereocenters. The Balaban J connectivity index is 1.49. The molecule has 5 heterocycles. The molecule has 0 spiro atoms. The summed E-state index contributed by atoms with van der Waals surface area (Å²) in [5, 5.41) is 12.5. The van der Waals surface area contributed by atoms with Gasteiger partial charge in [0.05, 0.1) is 11.4 Å². The van der Waals surface area contributed by atoms with E-state index in [0.29, 0.717) is 57.5 Å². The molecule has 2 aliphatic heterocycles. The van der Waals surface area contributed by atoms with E-state index < -0.39 is 23.2 Å². The molecule has 204 valence electrons. The minimum atomic E-state index is -1.30. The van der Waals surface area contributed by atoms with Gasteiger partial charge in [-0.25, -0.2) is 13.6 Å². The van der Waals surface area contributed by atoms with Crippen LogP contribution in [0.25, 0.3) is 27.8 Å². The fraction of sp³-hybridized carbons (Fsp3) is 0.300. The van der Waals surface area contributed by atoms with E-state index in [1.54, 1.807) is 31.6 Å². The Morgan fingerprint density at radius 3 is 2.70 bits per heavy atom. The van der Waals surface area contributed by atoms with Gasteiger partial charge in [0.1, 0.15) is 5.56 Å². The van der Waals surface area contributed by atoms with Crippen LogP contribution in [0.1, 0.15) is 28.0 Å². The molecule has 2 N–H and O–H groups in total. The molecular weight excluding hydrogens is 516 g/mol. The summed E-state index contributed by atoms with van der Waals surface area (Å²) in [4.78, 5) is 34.0. The molecule has 2 saturated heterocycles. The number of carbonyl (C=O) groups is 1. The lowest BCUT2D eigenvalue weighted by Crippen LogP contribution is -2.32. The lowest BCUT2D eigenvalue weighted by molar-refractivity contribution is 0.0694. The Bertz CT molecular complexity index is 1800. The van der Waals surface area contributed by atoms with Gasteiger partial charge in [-0.1, -0.05) is 6.07 Å². The minimum Gasteiger partial charge on any atom is -0.477 e. The summed E-state index contributed by atoms with van der Waals surface area (Å²) in [6.45, 7) is 2.52. The fourth-order valence-electron chi connectivity index (χ4n) is 6.85. The fourth-order valence-corrected chi connectivity index (χ4v) is 6.85. The standard InChI is InChI=1S/C30H27F2N5O3/c1-33-22-10-21(31)27(32)25-19(22)9-23-26(25)28(36-12-16-7-8-35(2)24(16)14-36)20(11-34-23)15-3-4-17-5-6-18(30(39)40)29(38)37(17)13-15/h3-6,10-11,13,16,24,33H,7-9,12,14H2,1-2H3,(H,39,40)/t16-,24+/m1/s1. The van der Waals surface area contributed by atoms with Crippen LogP contribution < -0.4 is 15.8 Å². The number of carboxylic acid groups (broad SMARTS) is 1. The van der Waals surface area contributed by atoms with Crippen LogP contribution in [0, 0.1) is 17.6 Å². The zero-order valence-corrected chi connectivity index (χ0v) is 22.0. The van der Waals surface area contributed by atoms with Gasteiger partial charge >= 0.3 is 5.97 Å². The maximum Gasteiger partial charge on any atom is 0.341 e. The van der Waals surface area contributed by atoms with Gasteiger partial charge in [-0.2, -0.15) is 0 Å². The highest BCUT2D eigenvalue weighted by Gasteiger charge is 2.42. The summed E-state index contributed by atoms with van der Waals surface area (Å²) in [6.07, 6.45) is 4.77. The van der Waals surface area contributed by atoms with E-state index in [4.69, 9.17) is 4.98 Å². The number of carboxylic acids is 1. The number of fused-ring (bicyclic) bond motifs is 5. The Morgan fingerprint density at radius 2 is 1.95 bits per heavy atom. The van der Waals surface area contributed by atoms with Crippen LogP contribution in [-0.2, 0) is 6.42 Å². The number of aromatic nitrogens is 2. The Kier molecular flexibility index (Phi) is 5.47. The molecule has 1 aromatic carbocycles. The summed E-state index contributed by atoms with van der Waals surface area (Å²) in [5.74, 6) is -2.67. The lowest BCUT2D eigenvalue weighted by Gasteiger charge is -2.27. The molecule has 0 saturated carbocycles. The van der Waals surface area contributed by atoms with Crippen molar-refractivity contribution in [3.8, 4) is 22.3 Å². The van der Waals surface area contributed by atoms with Gasteiger partial charge in [-0.15, -0.1) is 0 Å². The van der Waals surface area contributed by atoms with E-state index in [0.717, 1.165) is 31.7 Å². The quantitative estimate of drug-likeness (QED) is 0.353. The van der Waals surface area contributed by atoms with Gasteiger partial charge < -0.3 is 20.2 Å². The maximum atomic E-state index is 15.6. The molecule has 8 nitrogen and oxygen atoms in total. The van der Waals surface area contributed by atoms with Crippen LogP contribution in [-0.4, -0.2) is 65.1 Å². The number of hydrogen-bond donors (Lipinski definition) is 2. The largest absolute Gasteiger partial charge is 0.477 e. The zero-order valence-electron chi connectivity index (χ0n) is 22.0. The van der Waals surface area contributed by atoms with Crippen LogP contribution in [0.4, 0.5) is 20.2 Å². The number of halogens is 2. The van der Waals surface area contributed by atoms with Crippen molar-refractivity contribution in [2.45, 2.75) is 18.9 Å². The van der Waals surface area contributed by atoms with Crippen LogP contribution in [0.15, 0.2) is 47.5 Å². The second-order valence-electron chi connectivity index (χ2n) is 10.9. The number of anilines is 2. The molecule has 4 aromatic rings. The summed E-state index contributed by atoms with van der Waals surface area (Å²) < 4.78 is 31.8. The lowest BCUT2D eigenvalue weighted by atomic mass is 9.97. The molecule has 10 heteroatoms. The summed E-state index contributed by atoms with van der Waals surface area (Å²) in [7, 11) is 3.80. The van der Waals surface area contributed by atoms with E-state index in [1.165, 1.54) is 16.5 Å². The molecule has 40 heavy (non-hydrogen) atoms. The number of rotatable bonds is 4. The van der Waals surface area contributed by atoms with Crippen molar-refractivity contribution in [1.29, 1.82) is 0 Å². The minimum absolute atomic E-state index is 0.222. The van der Waals surface area contributed by atoms with Crippen molar-refractivity contribution < 1.29 is 18.7 Å². The molecule has 3 aliphatic rings. The number of nitrogens with zero attached hydrogens (tertiary/aromatic N) is 4. The van der Waals surface area contributed by atoms with E-state index in [-0.39, 0.29) is 11.1 Å². The number of pyridine rings is 3.